The first-order valence-corrected chi connectivity index (χ1v) is 9.14. The van der Waals surface area contributed by atoms with Gasteiger partial charge in [0.25, 0.3) is 5.91 Å². The van der Waals surface area contributed by atoms with Gasteiger partial charge in [0.2, 0.25) is 0 Å². The van der Waals surface area contributed by atoms with E-state index in [-0.39, 0.29) is 16.5 Å². The minimum atomic E-state index is -0.690. The van der Waals surface area contributed by atoms with Gasteiger partial charge in [0, 0.05) is 19.8 Å². The van der Waals surface area contributed by atoms with Gasteiger partial charge in [0.1, 0.15) is 21.5 Å². The molecule has 0 spiro atoms. The maximum Gasteiger partial charge on any atom is 0.263 e. The van der Waals surface area contributed by atoms with Crippen LogP contribution in [0.4, 0.5) is 8.78 Å². The number of amides is 1. The van der Waals surface area contributed by atoms with Crippen LogP contribution >= 0.6 is 11.3 Å². The number of aromatic nitrogens is 1. The monoisotopic (exact) mass is 368 g/mol. The highest BCUT2D eigenvalue weighted by molar-refractivity contribution is 7.17. The molecule has 136 valence electrons. The molecule has 7 heteroatoms. The second-order valence-corrected chi connectivity index (χ2v) is 6.60. The molecule has 2 aromatic rings. The van der Waals surface area contributed by atoms with Crippen LogP contribution in [-0.2, 0) is 4.74 Å². The van der Waals surface area contributed by atoms with Crippen LogP contribution in [0.1, 0.15) is 41.6 Å². The lowest BCUT2D eigenvalue weighted by Gasteiger charge is -2.05. The van der Waals surface area contributed by atoms with Crippen LogP contribution in [0, 0.1) is 18.6 Å². The first-order chi connectivity index (χ1) is 12.0. The Labute approximate surface area is 150 Å². The van der Waals surface area contributed by atoms with Gasteiger partial charge in [-0.1, -0.05) is 19.4 Å². The molecule has 0 aliphatic heterocycles. The smallest absolute Gasteiger partial charge is 0.263 e. The number of carbonyl (C=O) groups excluding carboxylic acids is 1. The molecule has 0 aliphatic rings. The zero-order valence-electron chi connectivity index (χ0n) is 14.4. The number of nitrogens with one attached hydrogen (secondary N) is 1. The Bertz CT molecular complexity index is 699. The third-order valence-electron chi connectivity index (χ3n) is 3.57. The summed E-state index contributed by atoms with van der Waals surface area (Å²) < 4.78 is 33.2. The highest BCUT2D eigenvalue weighted by Crippen LogP contribution is 2.31. The first kappa shape index (κ1) is 19.5. The molecule has 1 N–H and O–H groups in total. The average molecular weight is 368 g/mol. The van der Waals surface area contributed by atoms with Gasteiger partial charge in [-0.15, -0.1) is 11.3 Å². The summed E-state index contributed by atoms with van der Waals surface area (Å²) in [5, 5.41) is 2.96. The number of halogens is 2. The van der Waals surface area contributed by atoms with Crippen molar-refractivity contribution in [2.24, 2.45) is 0 Å². The number of unbranched alkanes of at least 4 members (excludes halogenated alkanes) is 1. The van der Waals surface area contributed by atoms with Gasteiger partial charge < -0.3 is 10.1 Å². The van der Waals surface area contributed by atoms with Crippen molar-refractivity contribution in [1.29, 1.82) is 0 Å². The van der Waals surface area contributed by atoms with Crippen molar-refractivity contribution >= 4 is 17.2 Å². The number of aryl methyl sites for hydroxylation is 1. The minimum absolute atomic E-state index is 0.168. The number of hydrogen-bond donors (Lipinski definition) is 1. The van der Waals surface area contributed by atoms with E-state index < -0.39 is 11.6 Å². The lowest BCUT2D eigenvalue weighted by atomic mass is 10.2. The van der Waals surface area contributed by atoms with E-state index >= 15 is 0 Å². The number of nitrogens with zero attached hydrogens (tertiary/aromatic N) is 1. The SMILES string of the molecule is CCCCOCCCNC(=O)c1sc(-c2c(F)cccc2F)nc1C. The number of thiazole rings is 1. The van der Waals surface area contributed by atoms with Crippen LogP contribution in [0.2, 0.25) is 0 Å². The summed E-state index contributed by atoms with van der Waals surface area (Å²) in [6.45, 7) is 5.55. The van der Waals surface area contributed by atoms with Crippen molar-refractivity contribution in [3.63, 3.8) is 0 Å². The largest absolute Gasteiger partial charge is 0.381 e. The van der Waals surface area contributed by atoms with E-state index in [1.807, 2.05) is 0 Å². The van der Waals surface area contributed by atoms with Crippen LogP contribution in [0.15, 0.2) is 18.2 Å². The molecule has 0 radical (unpaired) electrons. The fourth-order valence-electron chi connectivity index (χ4n) is 2.22. The Kier molecular flexibility index (Phi) is 7.46. The first-order valence-electron chi connectivity index (χ1n) is 8.32. The topological polar surface area (TPSA) is 51.2 Å². The number of ether oxygens (including phenoxy) is 1. The molecule has 1 aromatic carbocycles. The van der Waals surface area contributed by atoms with Crippen molar-refractivity contribution in [3.05, 3.63) is 40.4 Å². The molecule has 25 heavy (non-hydrogen) atoms. The van der Waals surface area contributed by atoms with Crippen LogP contribution in [0.5, 0.6) is 0 Å². The fraction of sp³-hybridized carbons (Fsp3) is 0.444. The molecule has 0 saturated carbocycles. The number of benzene rings is 1. The van der Waals surface area contributed by atoms with E-state index in [1.165, 1.54) is 18.2 Å². The zero-order valence-corrected chi connectivity index (χ0v) is 15.2. The Balaban J connectivity index is 1.94. The van der Waals surface area contributed by atoms with E-state index in [4.69, 9.17) is 4.74 Å². The number of carbonyl (C=O) groups is 1. The molecular weight excluding hydrogens is 346 g/mol. The second-order valence-electron chi connectivity index (χ2n) is 5.61. The third kappa shape index (κ3) is 5.31. The quantitative estimate of drug-likeness (QED) is 0.670. The van der Waals surface area contributed by atoms with Crippen molar-refractivity contribution in [2.75, 3.05) is 19.8 Å². The molecule has 1 amide bonds. The van der Waals surface area contributed by atoms with Gasteiger partial charge in [-0.05, 0) is 31.9 Å². The second kappa shape index (κ2) is 9.58. The maximum atomic E-state index is 13.9. The average Bonchev–Trinajstić information content (AvgIpc) is 2.95. The van der Waals surface area contributed by atoms with Crippen LogP contribution < -0.4 is 5.32 Å². The van der Waals surface area contributed by atoms with Crippen LogP contribution in [-0.4, -0.2) is 30.6 Å². The van der Waals surface area contributed by atoms with Gasteiger partial charge in [0.05, 0.1) is 11.3 Å². The molecule has 0 aliphatic carbocycles. The predicted octanol–water partition coefficient (Wildman–Crippen LogP) is 4.33. The van der Waals surface area contributed by atoms with E-state index in [9.17, 15) is 13.6 Å². The number of hydrogen-bond acceptors (Lipinski definition) is 4. The highest BCUT2D eigenvalue weighted by Gasteiger charge is 2.20. The fourth-order valence-corrected chi connectivity index (χ4v) is 3.25. The van der Waals surface area contributed by atoms with Crippen molar-refractivity contribution in [1.82, 2.24) is 10.3 Å². The van der Waals surface area contributed by atoms with Gasteiger partial charge in [-0.2, -0.15) is 0 Å². The Morgan fingerprint density at radius 3 is 2.60 bits per heavy atom. The van der Waals surface area contributed by atoms with Crippen LogP contribution in [0.3, 0.4) is 0 Å². The van der Waals surface area contributed by atoms with Crippen LogP contribution in [0.25, 0.3) is 10.6 Å². The molecule has 4 nitrogen and oxygen atoms in total. The number of rotatable bonds is 9. The molecule has 0 atom stereocenters. The third-order valence-corrected chi connectivity index (χ3v) is 4.75. The minimum Gasteiger partial charge on any atom is -0.381 e. The van der Waals surface area contributed by atoms with Gasteiger partial charge in [-0.3, -0.25) is 4.79 Å². The Morgan fingerprint density at radius 1 is 1.24 bits per heavy atom. The lowest BCUT2D eigenvalue weighted by Crippen LogP contribution is -2.25. The Morgan fingerprint density at radius 2 is 1.92 bits per heavy atom. The summed E-state index contributed by atoms with van der Waals surface area (Å²) in [7, 11) is 0. The lowest BCUT2D eigenvalue weighted by molar-refractivity contribution is 0.0943. The zero-order chi connectivity index (χ0) is 18.2. The summed E-state index contributed by atoms with van der Waals surface area (Å²) in [6.07, 6.45) is 2.83. The summed E-state index contributed by atoms with van der Waals surface area (Å²) in [4.78, 5) is 16.8. The molecule has 1 heterocycles. The maximum absolute atomic E-state index is 13.9. The molecule has 0 fully saturated rings. The van der Waals surface area contributed by atoms with Gasteiger partial charge in [0.15, 0.2) is 0 Å². The van der Waals surface area contributed by atoms with Crippen molar-refractivity contribution < 1.29 is 18.3 Å². The summed E-state index contributed by atoms with van der Waals surface area (Å²) in [5.41, 5.74) is 0.262. The van der Waals surface area contributed by atoms with E-state index in [2.05, 4.69) is 17.2 Å². The van der Waals surface area contributed by atoms with Gasteiger partial charge >= 0.3 is 0 Å². The van der Waals surface area contributed by atoms with Gasteiger partial charge in [-0.25, -0.2) is 13.8 Å². The standard InChI is InChI=1S/C18H22F2N2O2S/c1-3-4-10-24-11-6-9-21-17(23)16-12(2)22-18(25-16)15-13(19)7-5-8-14(15)20/h5,7-8H,3-4,6,9-11H2,1-2H3,(H,21,23). The summed E-state index contributed by atoms with van der Waals surface area (Å²) >= 11 is 0.990. The van der Waals surface area contributed by atoms with E-state index in [0.29, 0.717) is 30.1 Å². The molecular formula is C18H22F2N2O2S. The van der Waals surface area contributed by atoms with Crippen molar-refractivity contribution in [2.45, 2.75) is 33.1 Å². The normalized spacial score (nSPS) is 10.9. The van der Waals surface area contributed by atoms with E-state index in [0.717, 1.165) is 30.8 Å². The van der Waals surface area contributed by atoms with Crippen molar-refractivity contribution in [3.8, 4) is 10.6 Å². The molecule has 0 saturated heterocycles. The highest BCUT2D eigenvalue weighted by atomic mass is 32.1. The summed E-state index contributed by atoms with van der Waals surface area (Å²) in [6, 6.07) is 3.64. The molecule has 0 unspecified atom stereocenters. The molecule has 0 bridgehead atoms. The molecule has 2 rings (SSSR count). The summed E-state index contributed by atoms with van der Waals surface area (Å²) in [5.74, 6) is -1.67. The molecule has 1 aromatic heterocycles. The Hall–Kier alpha value is -1.86. The van der Waals surface area contributed by atoms with E-state index in [1.54, 1.807) is 6.92 Å². The predicted molar refractivity (Wildman–Crippen MR) is 94.9 cm³/mol.